The second-order valence-corrected chi connectivity index (χ2v) is 9.80. The minimum atomic E-state index is -0.550. The molecule has 2 saturated heterocycles. The van der Waals surface area contributed by atoms with Crippen LogP contribution in [-0.4, -0.2) is 84.1 Å². The molecule has 2 atom stereocenters. The molecule has 0 bridgehead atoms. The number of piperazine rings is 1. The van der Waals surface area contributed by atoms with Crippen LogP contribution >= 0.6 is 0 Å². The molecule has 0 saturated carbocycles. The molecule has 0 spiro atoms. The molecule has 2 aromatic carbocycles. The summed E-state index contributed by atoms with van der Waals surface area (Å²) in [5, 5.41) is 21.3. The number of aliphatic hydroxyl groups excluding tert-OH is 2. The van der Waals surface area contributed by atoms with Crippen LogP contribution in [0.25, 0.3) is 11.1 Å². The summed E-state index contributed by atoms with van der Waals surface area (Å²) in [6, 6.07) is 16.2. The van der Waals surface area contributed by atoms with E-state index in [4.69, 9.17) is 0 Å². The van der Waals surface area contributed by atoms with Crippen molar-refractivity contribution >= 4 is 0 Å². The Morgan fingerprint density at radius 3 is 1.52 bits per heavy atom. The first-order valence-electron chi connectivity index (χ1n) is 12.3. The van der Waals surface area contributed by atoms with Crippen LogP contribution in [0, 0.1) is 5.92 Å². The smallest absolute Gasteiger partial charge is 0.143 e. The normalized spacial score (nSPS) is 21.2. The molecule has 180 valence electrons. The number of hydrogen-bond acceptors (Lipinski definition) is 5. The first-order chi connectivity index (χ1) is 16.0. The van der Waals surface area contributed by atoms with E-state index in [1.54, 1.807) is 4.90 Å². The Kier molecular flexibility index (Phi) is 8.50. The Bertz CT molecular complexity index is 845. The summed E-state index contributed by atoms with van der Waals surface area (Å²) in [7, 11) is 0. The highest BCUT2D eigenvalue weighted by Gasteiger charge is 2.21. The quantitative estimate of drug-likeness (QED) is 0.596. The monoisotopic (exact) mass is 454 g/mol. The first-order valence-corrected chi connectivity index (χ1v) is 12.3. The topological polar surface area (TPSA) is 50.2 Å². The highest BCUT2D eigenvalue weighted by molar-refractivity contribution is 5.64. The Morgan fingerprint density at radius 2 is 1.09 bits per heavy atom. The number of alkyl halides is 1. The van der Waals surface area contributed by atoms with E-state index in [0.717, 1.165) is 54.4 Å². The Labute approximate surface area is 197 Å². The van der Waals surface area contributed by atoms with E-state index in [-0.39, 0.29) is 0 Å². The average Bonchev–Trinajstić information content (AvgIpc) is 2.86. The molecule has 33 heavy (non-hydrogen) atoms. The molecule has 2 aromatic rings. The van der Waals surface area contributed by atoms with Crippen molar-refractivity contribution in [2.45, 2.75) is 32.0 Å². The van der Waals surface area contributed by atoms with Gasteiger partial charge in [0.05, 0.1) is 12.2 Å². The van der Waals surface area contributed by atoms with Gasteiger partial charge in [-0.15, -0.1) is 0 Å². The summed E-state index contributed by atoms with van der Waals surface area (Å²) >= 11 is 0. The lowest BCUT2D eigenvalue weighted by molar-refractivity contribution is 0.0570. The van der Waals surface area contributed by atoms with Crippen molar-refractivity contribution in [3.8, 4) is 11.1 Å². The molecule has 2 N–H and O–H groups in total. The van der Waals surface area contributed by atoms with E-state index in [9.17, 15) is 14.6 Å². The van der Waals surface area contributed by atoms with Crippen molar-refractivity contribution in [2.24, 2.45) is 5.92 Å². The summed E-state index contributed by atoms with van der Waals surface area (Å²) in [5.74, 6) is 0.795. The standard InChI is InChI=1S/C27H38FN3O2/c1-21-10-12-29(13-11-21)18-26(32)24-6-2-22(3-7-24)23-4-8-25(9-5-23)27(33)19-30-14-16-31(20-28)17-15-30/h2-9,21,26-27,32-33H,10-20H2,1H3/i28-1. The highest BCUT2D eigenvalue weighted by atomic mass is 18.2. The Morgan fingerprint density at radius 1 is 0.697 bits per heavy atom. The molecule has 0 aromatic heterocycles. The molecular weight excluding hydrogens is 416 g/mol. The van der Waals surface area contributed by atoms with Crippen molar-refractivity contribution in [1.29, 1.82) is 0 Å². The number of aliphatic hydroxyl groups is 2. The lowest BCUT2D eigenvalue weighted by atomic mass is 9.97. The zero-order chi connectivity index (χ0) is 23.2. The fraction of sp³-hybridized carbons (Fsp3) is 0.556. The second-order valence-electron chi connectivity index (χ2n) is 9.80. The molecular formula is C27H38FN3O2. The summed E-state index contributed by atoms with van der Waals surface area (Å²) in [6.45, 7) is 8.32. The van der Waals surface area contributed by atoms with Crippen molar-refractivity contribution in [3.05, 3.63) is 59.7 Å². The number of benzene rings is 2. The summed E-state index contributed by atoms with van der Waals surface area (Å²) in [5.41, 5.74) is 4.04. The van der Waals surface area contributed by atoms with Crippen LogP contribution in [-0.2, 0) is 0 Å². The van der Waals surface area contributed by atoms with Gasteiger partial charge in [-0.25, -0.2) is 4.39 Å². The van der Waals surface area contributed by atoms with Crippen LogP contribution in [0.4, 0.5) is 4.39 Å². The summed E-state index contributed by atoms with van der Waals surface area (Å²) in [6.07, 6.45) is 1.42. The van der Waals surface area contributed by atoms with Gasteiger partial charge in [0.25, 0.3) is 0 Å². The Hall–Kier alpha value is -1.83. The van der Waals surface area contributed by atoms with Gasteiger partial charge in [-0.3, -0.25) is 9.80 Å². The van der Waals surface area contributed by atoms with Crippen LogP contribution in [0.15, 0.2) is 48.5 Å². The van der Waals surface area contributed by atoms with Crippen LogP contribution in [0.5, 0.6) is 0 Å². The fourth-order valence-corrected chi connectivity index (χ4v) is 4.83. The van der Waals surface area contributed by atoms with Crippen LogP contribution in [0.1, 0.15) is 43.1 Å². The fourth-order valence-electron chi connectivity index (χ4n) is 4.83. The van der Waals surface area contributed by atoms with Gasteiger partial charge in [0, 0.05) is 39.3 Å². The van der Waals surface area contributed by atoms with Gasteiger partial charge in [0.1, 0.15) is 6.80 Å². The molecule has 2 unspecified atom stereocenters. The van der Waals surface area contributed by atoms with Gasteiger partial charge in [-0.2, -0.15) is 0 Å². The number of hydrogen-bond donors (Lipinski definition) is 2. The van der Waals surface area contributed by atoms with Gasteiger partial charge in [0.15, 0.2) is 0 Å². The first kappa shape index (κ1) is 24.3. The van der Waals surface area contributed by atoms with Gasteiger partial charge < -0.3 is 15.1 Å². The van der Waals surface area contributed by atoms with Crippen molar-refractivity contribution in [2.75, 3.05) is 59.2 Å². The van der Waals surface area contributed by atoms with Crippen LogP contribution in [0.2, 0.25) is 0 Å². The third-order valence-corrected chi connectivity index (χ3v) is 7.30. The molecule has 2 aliphatic heterocycles. The molecule has 2 heterocycles. The van der Waals surface area contributed by atoms with Crippen molar-refractivity contribution in [1.82, 2.24) is 14.7 Å². The Balaban J connectivity index is 1.30. The van der Waals surface area contributed by atoms with Gasteiger partial charge >= 0.3 is 0 Å². The third kappa shape index (κ3) is 6.61. The lowest BCUT2D eigenvalue weighted by Crippen LogP contribution is -2.47. The van der Waals surface area contributed by atoms with E-state index < -0.39 is 19.0 Å². The van der Waals surface area contributed by atoms with Crippen LogP contribution in [0.3, 0.4) is 0 Å². The van der Waals surface area contributed by atoms with E-state index in [1.807, 2.05) is 36.4 Å². The molecule has 2 fully saturated rings. The number of β-amino-alcohol motifs (C(OH)–C–C–N with tert-alkyl or cyclic N) is 2. The SMILES string of the molecule is CC1CCN(CC(O)c2ccc(-c3ccc(C(O)CN4CCN(C[18F])CC4)cc3)cc2)CC1. The average molecular weight is 455 g/mol. The molecule has 0 radical (unpaired) electrons. The number of nitrogens with zero attached hydrogens (tertiary/aromatic N) is 3. The summed E-state index contributed by atoms with van der Waals surface area (Å²) in [4.78, 5) is 6.35. The van der Waals surface area contributed by atoms with Crippen LogP contribution < -0.4 is 0 Å². The van der Waals surface area contributed by atoms with E-state index in [1.165, 1.54) is 12.8 Å². The number of likely N-dealkylation sites (tertiary alicyclic amines) is 1. The second kappa shape index (κ2) is 11.5. The van der Waals surface area contributed by atoms with Gasteiger partial charge in [0.2, 0.25) is 0 Å². The maximum atomic E-state index is 12.7. The van der Waals surface area contributed by atoms with E-state index in [2.05, 4.69) is 28.9 Å². The summed E-state index contributed by atoms with van der Waals surface area (Å²) < 4.78 is 12.7. The maximum Gasteiger partial charge on any atom is 0.143 e. The molecule has 0 aliphatic carbocycles. The molecule has 0 amide bonds. The number of halogens is 1. The lowest BCUT2D eigenvalue weighted by Gasteiger charge is -2.34. The third-order valence-electron chi connectivity index (χ3n) is 7.30. The largest absolute Gasteiger partial charge is 0.387 e. The van der Waals surface area contributed by atoms with E-state index in [0.29, 0.717) is 26.2 Å². The minimum absolute atomic E-state index is 0.393. The number of rotatable bonds is 8. The predicted octanol–water partition coefficient (Wildman–Crippen LogP) is 3.70. The van der Waals surface area contributed by atoms with Crippen molar-refractivity contribution < 1.29 is 14.6 Å². The molecule has 2 aliphatic rings. The minimum Gasteiger partial charge on any atom is -0.387 e. The molecule has 6 heteroatoms. The molecule has 4 rings (SSSR count). The zero-order valence-corrected chi connectivity index (χ0v) is 19.7. The van der Waals surface area contributed by atoms with Gasteiger partial charge in [-0.05, 0) is 54.1 Å². The maximum absolute atomic E-state index is 12.7. The van der Waals surface area contributed by atoms with E-state index >= 15 is 0 Å². The van der Waals surface area contributed by atoms with Crippen molar-refractivity contribution in [3.63, 3.8) is 0 Å². The van der Waals surface area contributed by atoms with Gasteiger partial charge in [-0.1, -0.05) is 55.5 Å². The molecule has 5 nitrogen and oxygen atoms in total. The zero-order valence-electron chi connectivity index (χ0n) is 19.7. The predicted molar refractivity (Wildman–Crippen MR) is 131 cm³/mol. The highest BCUT2D eigenvalue weighted by Crippen LogP contribution is 2.26. The number of piperidine rings is 1.